The van der Waals surface area contributed by atoms with Gasteiger partial charge in [0.2, 0.25) is 5.91 Å². The van der Waals surface area contributed by atoms with Crippen molar-refractivity contribution in [1.29, 1.82) is 0 Å². The van der Waals surface area contributed by atoms with E-state index in [2.05, 4.69) is 15.3 Å². The van der Waals surface area contributed by atoms with Gasteiger partial charge in [0.15, 0.2) is 5.13 Å². The van der Waals surface area contributed by atoms with Crippen molar-refractivity contribution in [2.45, 2.75) is 11.9 Å². The van der Waals surface area contributed by atoms with Crippen LogP contribution in [0.15, 0.2) is 53.0 Å². The zero-order valence-corrected chi connectivity index (χ0v) is 15.3. The molecule has 0 aliphatic carbocycles. The summed E-state index contributed by atoms with van der Waals surface area (Å²) in [6.45, 7) is 2.02. The molecule has 9 heteroatoms. The number of anilines is 1. The third-order valence-corrected chi connectivity index (χ3v) is 5.08. The Balaban J connectivity index is 1.55. The van der Waals surface area contributed by atoms with Gasteiger partial charge in [-0.1, -0.05) is 41.6 Å². The maximum Gasteiger partial charge on any atom is 0.287 e. The molecule has 0 aliphatic heterocycles. The lowest BCUT2D eigenvalue weighted by atomic mass is 10.1. The van der Waals surface area contributed by atoms with Gasteiger partial charge in [0.1, 0.15) is 6.20 Å². The number of benzene rings is 1. The van der Waals surface area contributed by atoms with E-state index in [1.165, 1.54) is 47.0 Å². The topological polar surface area (TPSA) is 98.0 Å². The Morgan fingerprint density at radius 3 is 2.69 bits per heavy atom. The Labute approximate surface area is 157 Å². The average Bonchev–Trinajstić information content (AvgIpc) is 3.09. The van der Waals surface area contributed by atoms with E-state index >= 15 is 0 Å². The van der Waals surface area contributed by atoms with Crippen LogP contribution in [0, 0.1) is 17.0 Å². The van der Waals surface area contributed by atoms with Crippen LogP contribution in [0.4, 0.5) is 10.8 Å². The summed E-state index contributed by atoms with van der Waals surface area (Å²) in [6.07, 6.45) is 1.18. The number of pyridine rings is 1. The Kier molecular flexibility index (Phi) is 5.59. The molecule has 132 valence electrons. The smallest absolute Gasteiger partial charge is 0.287 e. The molecule has 0 spiro atoms. The largest absolute Gasteiger partial charge is 0.301 e. The number of hydrogen-bond acceptors (Lipinski definition) is 7. The van der Waals surface area contributed by atoms with Crippen molar-refractivity contribution in [1.82, 2.24) is 9.97 Å². The molecule has 26 heavy (non-hydrogen) atoms. The van der Waals surface area contributed by atoms with Crippen molar-refractivity contribution in [3.8, 4) is 11.3 Å². The molecule has 7 nitrogen and oxygen atoms in total. The lowest BCUT2D eigenvalue weighted by Gasteiger charge is -2.02. The molecule has 3 rings (SSSR count). The SMILES string of the molecule is Cc1ccc(-c2csc(NC(=O)CSc3ccc([N+](=O)[O-])cn3)n2)cc1. The molecular weight excluding hydrogens is 372 g/mol. The van der Waals surface area contributed by atoms with Gasteiger partial charge in [0.25, 0.3) is 5.69 Å². The normalized spacial score (nSPS) is 10.5. The van der Waals surface area contributed by atoms with Crippen molar-refractivity contribution in [3.63, 3.8) is 0 Å². The van der Waals surface area contributed by atoms with E-state index < -0.39 is 4.92 Å². The van der Waals surface area contributed by atoms with E-state index in [4.69, 9.17) is 0 Å². The fourth-order valence-electron chi connectivity index (χ4n) is 2.05. The first kappa shape index (κ1) is 18.0. The van der Waals surface area contributed by atoms with Crippen LogP contribution >= 0.6 is 23.1 Å². The highest BCUT2D eigenvalue weighted by molar-refractivity contribution is 7.99. The molecule has 1 N–H and O–H groups in total. The standard InChI is InChI=1S/C17H14N4O3S2/c1-11-2-4-12(5-3-11)14-9-26-17(19-14)20-15(22)10-25-16-7-6-13(8-18-16)21(23)24/h2-9H,10H2,1H3,(H,19,20,22). The highest BCUT2D eigenvalue weighted by Crippen LogP contribution is 2.25. The molecular formula is C17H14N4O3S2. The first-order valence-electron chi connectivity index (χ1n) is 7.57. The molecule has 2 aromatic heterocycles. The van der Waals surface area contributed by atoms with Crippen LogP contribution in [0.3, 0.4) is 0 Å². The van der Waals surface area contributed by atoms with Gasteiger partial charge in [-0.15, -0.1) is 11.3 Å². The van der Waals surface area contributed by atoms with Gasteiger partial charge in [0.05, 0.1) is 21.4 Å². The summed E-state index contributed by atoms with van der Waals surface area (Å²) in [5.74, 6) is -0.0653. The van der Waals surface area contributed by atoms with E-state index in [0.717, 1.165) is 11.3 Å². The van der Waals surface area contributed by atoms with Crippen LogP contribution < -0.4 is 5.32 Å². The quantitative estimate of drug-likeness (QED) is 0.388. The lowest BCUT2D eigenvalue weighted by molar-refractivity contribution is -0.385. The maximum absolute atomic E-state index is 12.1. The summed E-state index contributed by atoms with van der Waals surface area (Å²) in [5.41, 5.74) is 2.91. The second-order valence-corrected chi connectivity index (χ2v) is 7.21. The number of thioether (sulfide) groups is 1. The molecule has 0 saturated carbocycles. The van der Waals surface area contributed by atoms with E-state index in [1.54, 1.807) is 0 Å². The summed E-state index contributed by atoms with van der Waals surface area (Å²) < 4.78 is 0. The van der Waals surface area contributed by atoms with Crippen LogP contribution in [0.1, 0.15) is 5.56 Å². The first-order chi connectivity index (χ1) is 12.5. The average molecular weight is 386 g/mol. The van der Waals surface area contributed by atoms with Crippen molar-refractivity contribution in [3.05, 3.63) is 63.7 Å². The van der Waals surface area contributed by atoms with E-state index in [9.17, 15) is 14.9 Å². The number of nitro groups is 1. The van der Waals surface area contributed by atoms with Crippen LogP contribution in [0.5, 0.6) is 0 Å². The van der Waals surface area contributed by atoms with Crippen molar-refractivity contribution in [2.75, 3.05) is 11.1 Å². The number of aromatic nitrogens is 2. The minimum Gasteiger partial charge on any atom is -0.301 e. The Morgan fingerprint density at radius 2 is 2.04 bits per heavy atom. The molecule has 0 saturated heterocycles. The molecule has 0 unspecified atom stereocenters. The van der Waals surface area contributed by atoms with E-state index in [0.29, 0.717) is 10.2 Å². The number of thiazole rings is 1. The third kappa shape index (κ3) is 4.64. The van der Waals surface area contributed by atoms with E-state index in [-0.39, 0.29) is 17.3 Å². The number of aryl methyl sites for hydroxylation is 1. The van der Waals surface area contributed by atoms with Gasteiger partial charge in [-0.05, 0) is 13.0 Å². The summed E-state index contributed by atoms with van der Waals surface area (Å²) >= 11 is 2.56. The minimum absolute atomic E-state index is 0.0785. The van der Waals surface area contributed by atoms with Crippen LogP contribution in [-0.4, -0.2) is 26.6 Å². The zero-order valence-electron chi connectivity index (χ0n) is 13.7. The summed E-state index contributed by atoms with van der Waals surface area (Å²) in [6, 6.07) is 10.9. The Morgan fingerprint density at radius 1 is 1.27 bits per heavy atom. The minimum atomic E-state index is -0.512. The van der Waals surface area contributed by atoms with Crippen LogP contribution in [-0.2, 0) is 4.79 Å². The van der Waals surface area contributed by atoms with Crippen molar-refractivity contribution in [2.24, 2.45) is 0 Å². The molecule has 2 heterocycles. The molecule has 0 radical (unpaired) electrons. The molecule has 0 bridgehead atoms. The first-order valence-corrected chi connectivity index (χ1v) is 9.43. The van der Waals surface area contributed by atoms with E-state index in [1.807, 2.05) is 36.6 Å². The number of amides is 1. The van der Waals surface area contributed by atoms with Crippen LogP contribution in [0.25, 0.3) is 11.3 Å². The summed E-state index contributed by atoms with van der Waals surface area (Å²) in [5, 5.41) is 16.3. The predicted molar refractivity (Wildman–Crippen MR) is 103 cm³/mol. The number of carbonyl (C=O) groups is 1. The lowest BCUT2D eigenvalue weighted by Crippen LogP contribution is -2.13. The maximum atomic E-state index is 12.1. The number of rotatable bonds is 6. The number of hydrogen-bond donors (Lipinski definition) is 1. The fourth-order valence-corrected chi connectivity index (χ4v) is 3.43. The second kappa shape index (κ2) is 8.07. The van der Waals surface area contributed by atoms with Crippen molar-refractivity contribution >= 4 is 39.8 Å². The molecule has 0 fully saturated rings. The molecule has 0 atom stereocenters. The summed E-state index contributed by atoms with van der Waals surface area (Å²) in [7, 11) is 0. The molecule has 1 aromatic carbocycles. The number of nitrogens with zero attached hydrogens (tertiary/aromatic N) is 3. The Hall–Kier alpha value is -2.78. The molecule has 3 aromatic rings. The van der Waals surface area contributed by atoms with Gasteiger partial charge in [-0.2, -0.15) is 0 Å². The van der Waals surface area contributed by atoms with Gasteiger partial charge in [0, 0.05) is 17.0 Å². The number of nitrogens with one attached hydrogen (secondary N) is 1. The highest BCUT2D eigenvalue weighted by atomic mass is 32.2. The van der Waals surface area contributed by atoms with Crippen molar-refractivity contribution < 1.29 is 9.72 Å². The van der Waals surface area contributed by atoms with Gasteiger partial charge in [-0.25, -0.2) is 9.97 Å². The van der Waals surface area contributed by atoms with Gasteiger partial charge < -0.3 is 5.32 Å². The van der Waals surface area contributed by atoms with Crippen LogP contribution in [0.2, 0.25) is 0 Å². The molecule has 1 amide bonds. The third-order valence-electron chi connectivity index (χ3n) is 3.38. The monoisotopic (exact) mass is 386 g/mol. The Bertz CT molecular complexity index is 924. The molecule has 0 aliphatic rings. The fraction of sp³-hybridized carbons (Fsp3) is 0.118. The second-order valence-electron chi connectivity index (χ2n) is 5.35. The zero-order chi connectivity index (χ0) is 18.5. The number of carbonyl (C=O) groups excluding carboxylic acids is 1. The predicted octanol–water partition coefficient (Wildman–Crippen LogP) is 4.15. The summed E-state index contributed by atoms with van der Waals surface area (Å²) in [4.78, 5) is 30.5. The van der Waals surface area contributed by atoms with Gasteiger partial charge >= 0.3 is 0 Å². The van der Waals surface area contributed by atoms with Gasteiger partial charge in [-0.3, -0.25) is 14.9 Å². The highest BCUT2D eigenvalue weighted by Gasteiger charge is 2.10.